The van der Waals surface area contributed by atoms with Gasteiger partial charge in [0.1, 0.15) is 11.8 Å². The molecule has 0 saturated carbocycles. The van der Waals surface area contributed by atoms with Crippen molar-refractivity contribution in [1.29, 1.82) is 0 Å². The van der Waals surface area contributed by atoms with Gasteiger partial charge in [-0.15, -0.1) is 0 Å². The summed E-state index contributed by atoms with van der Waals surface area (Å²) in [4.78, 5) is 27.3. The number of likely N-dealkylation sites (N-methyl/N-ethyl adjacent to an activating group) is 1. The highest BCUT2D eigenvalue weighted by Crippen LogP contribution is 2.18. The Kier molecular flexibility index (Phi) is 7.61. The zero-order valence-electron chi connectivity index (χ0n) is 17.4. The van der Waals surface area contributed by atoms with Gasteiger partial charge in [0.15, 0.2) is 0 Å². The molecule has 0 aliphatic rings. The summed E-state index contributed by atoms with van der Waals surface area (Å²) in [5.41, 5.74) is 4.27. The second kappa shape index (κ2) is 9.93. The first-order chi connectivity index (χ1) is 13.4. The molecule has 0 aliphatic heterocycles. The summed E-state index contributed by atoms with van der Waals surface area (Å²) in [5.74, 6) is 0.550. The SMILES string of the molecule is CC[C@@H](C(=O)NC)N(Cc1ccc(OC)cc1)C(=O)Cc1ccc(C)c(C)c1. The smallest absolute Gasteiger partial charge is 0.242 e. The quantitative estimate of drug-likeness (QED) is 0.761. The molecule has 0 radical (unpaired) electrons. The molecule has 0 bridgehead atoms. The first-order valence-corrected chi connectivity index (χ1v) is 9.59. The molecular formula is C23H30N2O3. The highest BCUT2D eigenvalue weighted by molar-refractivity contribution is 5.88. The Labute approximate surface area is 167 Å². The van der Waals surface area contributed by atoms with E-state index in [1.54, 1.807) is 19.1 Å². The minimum absolute atomic E-state index is 0.0606. The molecule has 0 fully saturated rings. The highest BCUT2D eigenvalue weighted by atomic mass is 16.5. The van der Waals surface area contributed by atoms with Gasteiger partial charge >= 0.3 is 0 Å². The largest absolute Gasteiger partial charge is 0.497 e. The molecule has 2 aromatic carbocycles. The number of nitrogens with zero attached hydrogens (tertiary/aromatic N) is 1. The second-order valence-electron chi connectivity index (χ2n) is 7.00. The predicted octanol–water partition coefficient (Wildman–Crippen LogP) is 3.41. The van der Waals surface area contributed by atoms with Crippen molar-refractivity contribution >= 4 is 11.8 Å². The maximum Gasteiger partial charge on any atom is 0.242 e. The number of hydrogen-bond acceptors (Lipinski definition) is 3. The van der Waals surface area contributed by atoms with Crippen molar-refractivity contribution in [2.24, 2.45) is 0 Å². The zero-order chi connectivity index (χ0) is 20.7. The van der Waals surface area contributed by atoms with E-state index in [1.165, 1.54) is 5.56 Å². The number of ether oxygens (including phenoxy) is 1. The molecule has 1 atom stereocenters. The molecule has 0 heterocycles. The Morgan fingerprint density at radius 3 is 2.21 bits per heavy atom. The molecule has 0 unspecified atom stereocenters. The van der Waals surface area contributed by atoms with Crippen molar-refractivity contribution in [1.82, 2.24) is 10.2 Å². The fourth-order valence-electron chi connectivity index (χ4n) is 3.20. The fourth-order valence-corrected chi connectivity index (χ4v) is 3.20. The number of methoxy groups -OCH3 is 1. The van der Waals surface area contributed by atoms with Crippen LogP contribution in [0.1, 0.15) is 35.6 Å². The van der Waals surface area contributed by atoms with Crippen LogP contribution in [0.15, 0.2) is 42.5 Å². The van der Waals surface area contributed by atoms with E-state index in [9.17, 15) is 9.59 Å². The minimum atomic E-state index is -0.508. The van der Waals surface area contributed by atoms with Crippen molar-refractivity contribution < 1.29 is 14.3 Å². The number of aryl methyl sites for hydroxylation is 2. The van der Waals surface area contributed by atoms with Crippen LogP contribution in [0, 0.1) is 13.8 Å². The van der Waals surface area contributed by atoms with E-state index in [0.29, 0.717) is 13.0 Å². The molecule has 0 saturated heterocycles. The Morgan fingerprint density at radius 2 is 1.68 bits per heavy atom. The van der Waals surface area contributed by atoms with E-state index >= 15 is 0 Å². The summed E-state index contributed by atoms with van der Waals surface area (Å²) >= 11 is 0. The number of nitrogens with one attached hydrogen (secondary N) is 1. The van der Waals surface area contributed by atoms with E-state index < -0.39 is 6.04 Å². The van der Waals surface area contributed by atoms with Gasteiger partial charge in [0.25, 0.3) is 0 Å². The molecule has 2 aromatic rings. The van der Waals surface area contributed by atoms with E-state index in [4.69, 9.17) is 4.74 Å². The topological polar surface area (TPSA) is 58.6 Å². The van der Waals surface area contributed by atoms with Gasteiger partial charge in [-0.05, 0) is 54.7 Å². The van der Waals surface area contributed by atoms with E-state index in [-0.39, 0.29) is 18.2 Å². The Hall–Kier alpha value is -2.82. The first-order valence-electron chi connectivity index (χ1n) is 9.59. The Bertz CT molecular complexity index is 815. The van der Waals surface area contributed by atoms with Crippen molar-refractivity contribution in [3.05, 3.63) is 64.7 Å². The molecule has 0 aliphatic carbocycles. The molecule has 2 amide bonds. The number of carbonyl (C=O) groups excluding carboxylic acids is 2. The molecule has 0 spiro atoms. The lowest BCUT2D eigenvalue weighted by Crippen LogP contribution is -2.48. The van der Waals surface area contributed by atoms with Crippen LogP contribution < -0.4 is 10.1 Å². The lowest BCUT2D eigenvalue weighted by Gasteiger charge is -2.30. The van der Waals surface area contributed by atoms with Crippen LogP contribution in [0.25, 0.3) is 0 Å². The standard InChI is InChI=1S/C23H30N2O3/c1-6-21(23(27)24-4)25(15-18-9-11-20(28-5)12-10-18)22(26)14-19-8-7-16(2)17(3)13-19/h7-13,21H,6,14-15H2,1-5H3,(H,24,27)/t21-/m0/s1. The first kappa shape index (κ1) is 21.5. The lowest BCUT2D eigenvalue weighted by atomic mass is 10.0. The number of hydrogen-bond donors (Lipinski definition) is 1. The summed E-state index contributed by atoms with van der Waals surface area (Å²) in [6, 6.07) is 13.1. The van der Waals surface area contributed by atoms with Crippen molar-refractivity contribution in [2.75, 3.05) is 14.2 Å². The average Bonchev–Trinajstić information content (AvgIpc) is 2.70. The number of rotatable bonds is 8. The van der Waals surface area contributed by atoms with E-state index in [0.717, 1.165) is 22.4 Å². The van der Waals surface area contributed by atoms with Crippen LogP contribution in [0.4, 0.5) is 0 Å². The Balaban J connectivity index is 2.28. The molecular weight excluding hydrogens is 352 g/mol. The van der Waals surface area contributed by atoms with Gasteiger partial charge < -0.3 is 15.0 Å². The van der Waals surface area contributed by atoms with E-state index in [2.05, 4.69) is 12.2 Å². The molecule has 28 heavy (non-hydrogen) atoms. The normalized spacial score (nSPS) is 11.6. The van der Waals surface area contributed by atoms with E-state index in [1.807, 2.05) is 56.3 Å². The van der Waals surface area contributed by atoms with Crippen LogP contribution in [-0.4, -0.2) is 36.9 Å². The number of amides is 2. The summed E-state index contributed by atoms with van der Waals surface area (Å²) in [6.07, 6.45) is 0.819. The monoisotopic (exact) mass is 382 g/mol. The van der Waals surface area contributed by atoms with Crippen LogP contribution in [0.3, 0.4) is 0 Å². The van der Waals surface area contributed by atoms with Gasteiger partial charge in [0.05, 0.1) is 13.5 Å². The van der Waals surface area contributed by atoms with Gasteiger partial charge in [0, 0.05) is 13.6 Å². The highest BCUT2D eigenvalue weighted by Gasteiger charge is 2.28. The van der Waals surface area contributed by atoms with Crippen molar-refractivity contribution in [3.63, 3.8) is 0 Å². The molecule has 1 N–H and O–H groups in total. The summed E-state index contributed by atoms with van der Waals surface area (Å²) < 4.78 is 5.20. The molecule has 150 valence electrons. The van der Waals surface area contributed by atoms with Crippen LogP contribution in [0.5, 0.6) is 5.75 Å². The van der Waals surface area contributed by atoms with Gasteiger partial charge in [-0.3, -0.25) is 9.59 Å². The number of benzene rings is 2. The van der Waals surface area contributed by atoms with Gasteiger partial charge in [0.2, 0.25) is 11.8 Å². The zero-order valence-corrected chi connectivity index (χ0v) is 17.4. The second-order valence-corrected chi connectivity index (χ2v) is 7.00. The van der Waals surface area contributed by atoms with Gasteiger partial charge in [-0.25, -0.2) is 0 Å². The van der Waals surface area contributed by atoms with Crippen LogP contribution >= 0.6 is 0 Å². The average molecular weight is 383 g/mol. The maximum absolute atomic E-state index is 13.2. The summed E-state index contributed by atoms with van der Waals surface area (Å²) in [5, 5.41) is 2.68. The fraction of sp³-hybridized carbons (Fsp3) is 0.391. The van der Waals surface area contributed by atoms with Gasteiger partial charge in [-0.2, -0.15) is 0 Å². The number of carbonyl (C=O) groups is 2. The summed E-state index contributed by atoms with van der Waals surface area (Å²) in [6.45, 7) is 6.39. The lowest BCUT2D eigenvalue weighted by molar-refractivity contribution is -0.140. The Morgan fingerprint density at radius 1 is 1.04 bits per heavy atom. The van der Waals surface area contributed by atoms with Crippen molar-refractivity contribution in [2.45, 2.75) is 46.2 Å². The van der Waals surface area contributed by atoms with Crippen LogP contribution in [-0.2, 0) is 22.6 Å². The third-order valence-electron chi connectivity index (χ3n) is 5.07. The molecule has 5 nitrogen and oxygen atoms in total. The summed E-state index contributed by atoms with van der Waals surface area (Å²) in [7, 11) is 3.22. The molecule has 2 rings (SSSR count). The predicted molar refractivity (Wildman–Crippen MR) is 111 cm³/mol. The van der Waals surface area contributed by atoms with Gasteiger partial charge in [-0.1, -0.05) is 37.3 Å². The molecule has 5 heteroatoms. The minimum Gasteiger partial charge on any atom is -0.497 e. The third-order valence-corrected chi connectivity index (χ3v) is 5.07. The third kappa shape index (κ3) is 5.35. The maximum atomic E-state index is 13.2. The van der Waals surface area contributed by atoms with Crippen LogP contribution in [0.2, 0.25) is 0 Å². The molecule has 0 aromatic heterocycles. The van der Waals surface area contributed by atoms with Crippen molar-refractivity contribution in [3.8, 4) is 5.75 Å².